The Morgan fingerprint density at radius 2 is 2.40 bits per heavy atom. The molecule has 84 valence electrons. The van der Waals surface area contributed by atoms with Gasteiger partial charge in [-0.15, -0.1) is 0 Å². The van der Waals surface area contributed by atoms with E-state index in [0.717, 1.165) is 0 Å². The van der Waals surface area contributed by atoms with Gasteiger partial charge in [-0.25, -0.2) is 18.5 Å². The van der Waals surface area contributed by atoms with Crippen molar-refractivity contribution in [3.63, 3.8) is 0 Å². The number of piperazine rings is 1. The zero-order valence-corrected chi connectivity index (χ0v) is 9.16. The average Bonchev–Trinajstić information content (AvgIpc) is 2.71. The van der Waals surface area contributed by atoms with Gasteiger partial charge in [-0.05, 0) is 6.92 Å². The van der Waals surface area contributed by atoms with Crippen molar-refractivity contribution < 1.29 is 8.42 Å². The van der Waals surface area contributed by atoms with Crippen LogP contribution in [0.25, 0.3) is 0 Å². The first-order valence-electron chi connectivity index (χ1n) is 4.70. The van der Waals surface area contributed by atoms with Gasteiger partial charge >= 0.3 is 0 Å². The summed E-state index contributed by atoms with van der Waals surface area (Å²) in [5.74, 6) is 0. The topological polar surface area (TPSA) is 91.0 Å². The highest BCUT2D eigenvalue weighted by molar-refractivity contribution is 7.89. The summed E-state index contributed by atoms with van der Waals surface area (Å²) in [5.41, 5.74) is 0. The number of nitrogens with one attached hydrogen (secondary N) is 2. The van der Waals surface area contributed by atoms with Crippen LogP contribution in [0.2, 0.25) is 0 Å². The van der Waals surface area contributed by atoms with Gasteiger partial charge in [0.25, 0.3) is 15.2 Å². The van der Waals surface area contributed by atoms with Gasteiger partial charge in [-0.3, -0.25) is 0 Å². The molecule has 1 fully saturated rings. The van der Waals surface area contributed by atoms with Crippen LogP contribution in [0.15, 0.2) is 11.5 Å². The maximum atomic E-state index is 12.0. The Morgan fingerprint density at radius 3 is 3.00 bits per heavy atom. The van der Waals surface area contributed by atoms with Crippen molar-refractivity contribution in [2.24, 2.45) is 0 Å². The van der Waals surface area contributed by atoms with Gasteiger partial charge in [0.05, 0.1) is 0 Å². The van der Waals surface area contributed by atoms with Gasteiger partial charge in [-0.2, -0.15) is 9.40 Å². The van der Waals surface area contributed by atoms with Crippen molar-refractivity contribution in [2.45, 2.75) is 18.1 Å². The first-order chi connectivity index (χ1) is 7.12. The molecular formula is C7H13N5O2S. The SMILES string of the molecule is CC1CNCCN1S(=O)(=O)c1ncn[nH]1. The second-order valence-electron chi connectivity index (χ2n) is 3.46. The molecule has 1 aliphatic rings. The molecule has 2 heterocycles. The molecule has 1 saturated heterocycles. The summed E-state index contributed by atoms with van der Waals surface area (Å²) in [7, 11) is -3.50. The third-order valence-electron chi connectivity index (χ3n) is 2.39. The molecule has 2 rings (SSSR count). The minimum Gasteiger partial charge on any atom is -0.314 e. The minimum absolute atomic E-state index is 0.0613. The van der Waals surface area contributed by atoms with Crippen LogP contribution in [-0.4, -0.2) is 53.6 Å². The lowest BCUT2D eigenvalue weighted by molar-refractivity contribution is 0.282. The number of nitrogens with zero attached hydrogens (tertiary/aromatic N) is 3. The number of hydrogen-bond acceptors (Lipinski definition) is 5. The Hall–Kier alpha value is -0.990. The third kappa shape index (κ3) is 1.87. The monoisotopic (exact) mass is 231 g/mol. The van der Waals surface area contributed by atoms with Crippen LogP contribution in [-0.2, 0) is 10.0 Å². The molecule has 0 spiro atoms. The van der Waals surface area contributed by atoms with Crippen molar-refractivity contribution in [3.8, 4) is 0 Å². The van der Waals surface area contributed by atoms with Crippen LogP contribution >= 0.6 is 0 Å². The molecule has 0 radical (unpaired) electrons. The maximum absolute atomic E-state index is 12.0. The Bertz CT molecular complexity index is 415. The number of sulfonamides is 1. The minimum atomic E-state index is -3.50. The molecule has 1 atom stereocenters. The van der Waals surface area contributed by atoms with E-state index in [9.17, 15) is 8.42 Å². The Labute approximate surface area is 87.9 Å². The van der Waals surface area contributed by atoms with Crippen molar-refractivity contribution in [2.75, 3.05) is 19.6 Å². The molecule has 8 heteroatoms. The molecule has 0 aromatic carbocycles. The van der Waals surface area contributed by atoms with Gasteiger partial charge in [-0.1, -0.05) is 0 Å². The van der Waals surface area contributed by atoms with E-state index >= 15 is 0 Å². The third-order valence-corrected chi connectivity index (χ3v) is 4.23. The van der Waals surface area contributed by atoms with Crippen LogP contribution in [0.1, 0.15) is 6.92 Å². The molecule has 1 aromatic heterocycles. The first kappa shape index (κ1) is 10.5. The van der Waals surface area contributed by atoms with Crippen LogP contribution in [0, 0.1) is 0 Å². The highest BCUT2D eigenvalue weighted by Crippen LogP contribution is 2.14. The van der Waals surface area contributed by atoms with Crippen molar-refractivity contribution >= 4 is 10.0 Å². The standard InChI is InChI=1S/C7H13N5O2S/c1-6-4-8-2-3-12(6)15(13,14)7-9-5-10-11-7/h5-6,8H,2-4H2,1H3,(H,9,10,11). The van der Waals surface area contributed by atoms with Crippen LogP contribution in [0.3, 0.4) is 0 Å². The van der Waals surface area contributed by atoms with Crippen LogP contribution < -0.4 is 5.32 Å². The van der Waals surface area contributed by atoms with Crippen molar-refractivity contribution in [3.05, 3.63) is 6.33 Å². The van der Waals surface area contributed by atoms with E-state index in [0.29, 0.717) is 19.6 Å². The van der Waals surface area contributed by atoms with Gasteiger partial charge in [0, 0.05) is 25.7 Å². The number of aromatic amines is 1. The summed E-state index contributed by atoms with van der Waals surface area (Å²) in [6.45, 7) is 3.65. The largest absolute Gasteiger partial charge is 0.314 e. The molecule has 2 N–H and O–H groups in total. The lowest BCUT2D eigenvalue weighted by atomic mass is 10.3. The lowest BCUT2D eigenvalue weighted by Gasteiger charge is -2.31. The highest BCUT2D eigenvalue weighted by Gasteiger charge is 2.32. The second-order valence-corrected chi connectivity index (χ2v) is 5.27. The fraction of sp³-hybridized carbons (Fsp3) is 0.714. The fourth-order valence-corrected chi connectivity index (χ4v) is 3.06. The summed E-state index contributed by atoms with van der Waals surface area (Å²) in [5, 5.41) is 8.98. The highest BCUT2D eigenvalue weighted by atomic mass is 32.2. The normalized spacial score (nSPS) is 24.2. The lowest BCUT2D eigenvalue weighted by Crippen LogP contribution is -2.52. The van der Waals surface area contributed by atoms with Crippen LogP contribution in [0.4, 0.5) is 0 Å². The zero-order chi connectivity index (χ0) is 10.9. The maximum Gasteiger partial charge on any atom is 0.278 e. The van der Waals surface area contributed by atoms with Gasteiger partial charge in [0.2, 0.25) is 0 Å². The Balaban J connectivity index is 2.29. The molecule has 15 heavy (non-hydrogen) atoms. The smallest absolute Gasteiger partial charge is 0.278 e. The van der Waals surface area contributed by atoms with E-state index < -0.39 is 10.0 Å². The molecule has 1 aliphatic heterocycles. The number of rotatable bonds is 2. The second kappa shape index (κ2) is 3.87. The summed E-state index contributed by atoms with van der Waals surface area (Å²) in [4.78, 5) is 3.68. The van der Waals surface area contributed by atoms with Gasteiger partial charge in [0.15, 0.2) is 0 Å². The molecule has 1 aromatic rings. The Kier molecular flexibility index (Phi) is 2.72. The predicted octanol–water partition coefficient (Wildman–Crippen LogP) is -1.21. The molecule has 0 bridgehead atoms. The van der Waals surface area contributed by atoms with Crippen LogP contribution in [0.5, 0.6) is 0 Å². The molecule has 0 aliphatic carbocycles. The predicted molar refractivity (Wildman–Crippen MR) is 52.6 cm³/mol. The molecular weight excluding hydrogens is 218 g/mol. The quantitative estimate of drug-likeness (QED) is 0.666. The summed E-state index contributed by atoms with van der Waals surface area (Å²) in [6.07, 6.45) is 1.19. The summed E-state index contributed by atoms with van der Waals surface area (Å²) >= 11 is 0. The van der Waals surface area contributed by atoms with E-state index in [-0.39, 0.29) is 11.2 Å². The first-order valence-corrected chi connectivity index (χ1v) is 6.14. The fourth-order valence-electron chi connectivity index (χ4n) is 1.61. The molecule has 1 unspecified atom stereocenters. The number of H-pyrrole nitrogens is 1. The number of hydrogen-bond donors (Lipinski definition) is 2. The van der Waals surface area contributed by atoms with Crippen molar-refractivity contribution in [1.29, 1.82) is 0 Å². The van der Waals surface area contributed by atoms with E-state index in [1.54, 1.807) is 0 Å². The summed E-state index contributed by atoms with van der Waals surface area (Å²) < 4.78 is 25.5. The Morgan fingerprint density at radius 1 is 1.60 bits per heavy atom. The average molecular weight is 231 g/mol. The molecule has 7 nitrogen and oxygen atoms in total. The molecule has 0 saturated carbocycles. The molecule has 0 amide bonds. The zero-order valence-electron chi connectivity index (χ0n) is 8.34. The summed E-state index contributed by atoms with van der Waals surface area (Å²) in [6, 6.07) is -0.0613. The van der Waals surface area contributed by atoms with Gasteiger partial charge in [0.1, 0.15) is 6.33 Å². The van der Waals surface area contributed by atoms with E-state index in [2.05, 4.69) is 20.5 Å². The van der Waals surface area contributed by atoms with E-state index in [1.165, 1.54) is 10.6 Å². The van der Waals surface area contributed by atoms with Crippen molar-refractivity contribution in [1.82, 2.24) is 24.8 Å². The van der Waals surface area contributed by atoms with E-state index in [1.807, 2.05) is 6.92 Å². The van der Waals surface area contributed by atoms with Gasteiger partial charge < -0.3 is 5.32 Å². The number of aromatic nitrogens is 3. The van der Waals surface area contributed by atoms with E-state index in [4.69, 9.17) is 0 Å².